The molecule has 0 amide bonds. The van der Waals surface area contributed by atoms with Gasteiger partial charge in [0.05, 0.1) is 0 Å². The molecule has 1 fully saturated rings. The Morgan fingerprint density at radius 2 is 1.88 bits per heavy atom. The standard InChI is InChI=1S/C16H22O/c1-2-3-4-6-13-9-11-15(12-10-13)16(17)14-7-5-8-14/h9-12,14H,2-8H2,1H3. The van der Waals surface area contributed by atoms with E-state index in [9.17, 15) is 4.79 Å². The molecule has 0 radical (unpaired) electrons. The fourth-order valence-corrected chi connectivity index (χ4v) is 2.32. The van der Waals surface area contributed by atoms with Crippen molar-refractivity contribution in [3.8, 4) is 0 Å². The summed E-state index contributed by atoms with van der Waals surface area (Å²) in [5.74, 6) is 0.678. The smallest absolute Gasteiger partial charge is 0.165 e. The average molecular weight is 230 g/mol. The maximum absolute atomic E-state index is 12.0. The molecule has 0 bridgehead atoms. The molecule has 0 aromatic heterocycles. The third kappa shape index (κ3) is 3.18. The molecule has 17 heavy (non-hydrogen) atoms. The van der Waals surface area contributed by atoms with E-state index in [1.807, 2.05) is 12.1 Å². The van der Waals surface area contributed by atoms with Gasteiger partial charge in [-0.05, 0) is 31.2 Å². The molecule has 1 aliphatic rings. The van der Waals surface area contributed by atoms with E-state index in [1.165, 1.54) is 31.2 Å². The van der Waals surface area contributed by atoms with Gasteiger partial charge < -0.3 is 0 Å². The van der Waals surface area contributed by atoms with Crippen LogP contribution in [0.25, 0.3) is 0 Å². The Hall–Kier alpha value is -1.11. The third-order valence-corrected chi connectivity index (χ3v) is 3.78. The van der Waals surface area contributed by atoms with Gasteiger partial charge in [-0.2, -0.15) is 0 Å². The highest BCUT2D eigenvalue weighted by atomic mass is 16.1. The minimum absolute atomic E-state index is 0.320. The van der Waals surface area contributed by atoms with Crippen LogP contribution in [0.2, 0.25) is 0 Å². The normalized spacial score (nSPS) is 15.6. The predicted octanol–water partition coefficient (Wildman–Crippen LogP) is 4.40. The molecule has 0 unspecified atom stereocenters. The number of hydrogen-bond acceptors (Lipinski definition) is 1. The molecule has 1 heteroatoms. The first-order chi connectivity index (χ1) is 8.31. The van der Waals surface area contributed by atoms with Gasteiger partial charge >= 0.3 is 0 Å². The predicted molar refractivity (Wildman–Crippen MR) is 71.3 cm³/mol. The zero-order valence-electron chi connectivity index (χ0n) is 10.7. The van der Waals surface area contributed by atoms with Crippen LogP contribution >= 0.6 is 0 Å². The first kappa shape index (κ1) is 12.3. The summed E-state index contributed by atoms with van der Waals surface area (Å²) in [6.45, 7) is 2.22. The number of Topliss-reactive ketones (excluding diaryl/α,β-unsaturated/α-hetero) is 1. The van der Waals surface area contributed by atoms with E-state index in [0.29, 0.717) is 11.7 Å². The molecular weight excluding hydrogens is 208 g/mol. The van der Waals surface area contributed by atoms with E-state index >= 15 is 0 Å². The monoisotopic (exact) mass is 230 g/mol. The van der Waals surface area contributed by atoms with Crippen molar-refractivity contribution in [1.29, 1.82) is 0 Å². The molecule has 0 spiro atoms. The Morgan fingerprint density at radius 3 is 2.41 bits per heavy atom. The second kappa shape index (κ2) is 6.00. The summed E-state index contributed by atoms with van der Waals surface area (Å²) in [7, 11) is 0. The Morgan fingerprint density at radius 1 is 1.18 bits per heavy atom. The van der Waals surface area contributed by atoms with Crippen LogP contribution in [0.1, 0.15) is 61.4 Å². The topological polar surface area (TPSA) is 17.1 Å². The van der Waals surface area contributed by atoms with Crippen molar-refractivity contribution in [2.75, 3.05) is 0 Å². The second-order valence-corrected chi connectivity index (χ2v) is 5.15. The molecule has 2 rings (SSSR count). The summed E-state index contributed by atoms with van der Waals surface area (Å²) in [4.78, 5) is 12.0. The fraction of sp³-hybridized carbons (Fsp3) is 0.562. The van der Waals surface area contributed by atoms with Crippen LogP contribution in [0.4, 0.5) is 0 Å². The number of carbonyl (C=O) groups excluding carboxylic acids is 1. The third-order valence-electron chi connectivity index (χ3n) is 3.78. The maximum Gasteiger partial charge on any atom is 0.165 e. The number of aryl methyl sites for hydroxylation is 1. The van der Waals surface area contributed by atoms with E-state index in [4.69, 9.17) is 0 Å². The number of rotatable bonds is 6. The van der Waals surface area contributed by atoms with Crippen molar-refractivity contribution < 1.29 is 4.79 Å². The van der Waals surface area contributed by atoms with Crippen LogP contribution in [0.5, 0.6) is 0 Å². The molecule has 1 saturated carbocycles. The van der Waals surface area contributed by atoms with Crippen molar-refractivity contribution in [2.45, 2.75) is 51.9 Å². The minimum Gasteiger partial charge on any atom is -0.294 e. The lowest BCUT2D eigenvalue weighted by molar-refractivity contribution is 0.0855. The van der Waals surface area contributed by atoms with E-state index in [-0.39, 0.29) is 0 Å². The largest absolute Gasteiger partial charge is 0.294 e. The maximum atomic E-state index is 12.0. The van der Waals surface area contributed by atoms with Crippen LogP contribution in [0.3, 0.4) is 0 Å². The van der Waals surface area contributed by atoms with E-state index in [1.54, 1.807) is 0 Å². The van der Waals surface area contributed by atoms with Gasteiger partial charge in [0.25, 0.3) is 0 Å². The molecule has 1 aromatic rings. The molecular formula is C16H22O. The minimum atomic E-state index is 0.320. The van der Waals surface area contributed by atoms with Gasteiger partial charge in [0.15, 0.2) is 5.78 Å². The summed E-state index contributed by atoms with van der Waals surface area (Å²) in [6.07, 6.45) is 8.37. The summed E-state index contributed by atoms with van der Waals surface area (Å²) in [5, 5.41) is 0. The van der Waals surface area contributed by atoms with Crippen LogP contribution < -0.4 is 0 Å². The molecule has 0 heterocycles. The van der Waals surface area contributed by atoms with Gasteiger partial charge in [0.2, 0.25) is 0 Å². The van der Waals surface area contributed by atoms with Gasteiger partial charge in [0.1, 0.15) is 0 Å². The van der Waals surface area contributed by atoms with E-state index < -0.39 is 0 Å². The molecule has 0 atom stereocenters. The van der Waals surface area contributed by atoms with Gasteiger partial charge in [-0.15, -0.1) is 0 Å². The van der Waals surface area contributed by atoms with Gasteiger partial charge in [-0.25, -0.2) is 0 Å². The molecule has 0 saturated heterocycles. The molecule has 1 nitrogen and oxygen atoms in total. The number of carbonyl (C=O) groups is 1. The lowest BCUT2D eigenvalue weighted by Crippen LogP contribution is -2.21. The number of benzene rings is 1. The highest BCUT2D eigenvalue weighted by Crippen LogP contribution is 2.29. The first-order valence-corrected chi connectivity index (χ1v) is 6.94. The van der Waals surface area contributed by atoms with Crippen molar-refractivity contribution >= 4 is 5.78 Å². The lowest BCUT2D eigenvalue weighted by Gasteiger charge is -2.23. The first-order valence-electron chi connectivity index (χ1n) is 6.94. The van der Waals surface area contributed by atoms with E-state index in [0.717, 1.165) is 24.8 Å². The summed E-state index contributed by atoms with van der Waals surface area (Å²) >= 11 is 0. The fourth-order valence-electron chi connectivity index (χ4n) is 2.32. The van der Waals surface area contributed by atoms with Gasteiger partial charge in [0, 0.05) is 11.5 Å². The van der Waals surface area contributed by atoms with Crippen molar-refractivity contribution in [3.63, 3.8) is 0 Å². The van der Waals surface area contributed by atoms with Gasteiger partial charge in [-0.1, -0.05) is 50.5 Å². The SMILES string of the molecule is CCCCCc1ccc(C(=O)C2CCC2)cc1. The average Bonchev–Trinajstić information content (AvgIpc) is 2.28. The molecule has 1 aromatic carbocycles. The zero-order valence-corrected chi connectivity index (χ0v) is 10.7. The number of unbranched alkanes of at least 4 members (excludes halogenated alkanes) is 2. The quantitative estimate of drug-likeness (QED) is 0.523. The highest BCUT2D eigenvalue weighted by molar-refractivity contribution is 5.98. The summed E-state index contributed by atoms with van der Waals surface area (Å²) in [5.41, 5.74) is 2.28. The molecule has 92 valence electrons. The van der Waals surface area contributed by atoms with Crippen LogP contribution in [-0.4, -0.2) is 5.78 Å². The van der Waals surface area contributed by atoms with E-state index in [2.05, 4.69) is 19.1 Å². The van der Waals surface area contributed by atoms with Gasteiger partial charge in [-0.3, -0.25) is 4.79 Å². The highest BCUT2D eigenvalue weighted by Gasteiger charge is 2.25. The van der Waals surface area contributed by atoms with Crippen molar-refractivity contribution in [1.82, 2.24) is 0 Å². The number of hydrogen-bond donors (Lipinski definition) is 0. The second-order valence-electron chi connectivity index (χ2n) is 5.15. The summed E-state index contributed by atoms with van der Waals surface area (Å²) in [6, 6.07) is 8.28. The molecule has 0 N–H and O–H groups in total. The Kier molecular flexibility index (Phi) is 4.36. The lowest BCUT2D eigenvalue weighted by atomic mass is 9.80. The molecule has 1 aliphatic carbocycles. The van der Waals surface area contributed by atoms with Crippen molar-refractivity contribution in [3.05, 3.63) is 35.4 Å². The summed E-state index contributed by atoms with van der Waals surface area (Å²) < 4.78 is 0. The van der Waals surface area contributed by atoms with Crippen molar-refractivity contribution in [2.24, 2.45) is 5.92 Å². The van der Waals surface area contributed by atoms with Crippen LogP contribution in [0.15, 0.2) is 24.3 Å². The Labute approximate surface area is 104 Å². The zero-order chi connectivity index (χ0) is 12.1. The number of ketones is 1. The van der Waals surface area contributed by atoms with Crippen LogP contribution in [0, 0.1) is 5.92 Å². The van der Waals surface area contributed by atoms with Crippen LogP contribution in [-0.2, 0) is 6.42 Å². The molecule has 0 aliphatic heterocycles. The Balaban J connectivity index is 1.90. The Bertz CT molecular complexity index is 360.